The fourth-order valence-corrected chi connectivity index (χ4v) is 3.66. The second-order valence-corrected chi connectivity index (χ2v) is 7.17. The van der Waals surface area contributed by atoms with Crippen LogP contribution >= 0.6 is 0 Å². The zero-order chi connectivity index (χ0) is 13.5. The molecule has 1 aromatic rings. The third-order valence-electron chi connectivity index (χ3n) is 4.43. The van der Waals surface area contributed by atoms with Gasteiger partial charge in [0, 0.05) is 0 Å². The molecule has 0 heterocycles. The van der Waals surface area contributed by atoms with Gasteiger partial charge in [-0.05, 0) is 59.3 Å². The van der Waals surface area contributed by atoms with Crippen LogP contribution in [0.3, 0.4) is 0 Å². The highest BCUT2D eigenvalue weighted by Gasteiger charge is 2.38. The normalized spacial score (nSPS) is 24.1. The number of aryl methyl sites for hydroxylation is 1. The first kappa shape index (κ1) is 13.5. The van der Waals surface area contributed by atoms with Crippen molar-refractivity contribution in [3.05, 3.63) is 29.3 Å². The second kappa shape index (κ2) is 4.60. The Morgan fingerprint density at radius 3 is 2.44 bits per heavy atom. The first-order valence-corrected chi connectivity index (χ1v) is 7.12. The molecule has 0 saturated carbocycles. The lowest BCUT2D eigenvalue weighted by Gasteiger charge is -2.44. The summed E-state index contributed by atoms with van der Waals surface area (Å²) in [4.78, 5) is 0. The molecular weight excluding hydrogens is 220 g/mol. The Morgan fingerprint density at radius 2 is 1.89 bits per heavy atom. The van der Waals surface area contributed by atoms with E-state index in [9.17, 15) is 5.11 Å². The van der Waals surface area contributed by atoms with E-state index in [-0.39, 0.29) is 5.41 Å². The predicted octanol–water partition coefficient (Wildman–Crippen LogP) is 4.74. The third kappa shape index (κ3) is 2.41. The van der Waals surface area contributed by atoms with Gasteiger partial charge in [-0.3, -0.25) is 0 Å². The third-order valence-corrected chi connectivity index (χ3v) is 4.43. The smallest absolute Gasteiger partial charge is 0.115 e. The van der Waals surface area contributed by atoms with Crippen molar-refractivity contribution >= 4 is 0 Å². The van der Waals surface area contributed by atoms with Crippen LogP contribution in [-0.4, -0.2) is 5.11 Å². The number of rotatable bonds is 1. The molecule has 2 unspecified atom stereocenters. The summed E-state index contributed by atoms with van der Waals surface area (Å²) in [5.74, 6) is 2.48. The molecule has 2 rings (SSSR count). The molecule has 0 fully saturated rings. The molecule has 0 aliphatic heterocycles. The molecule has 100 valence electrons. The van der Waals surface area contributed by atoms with E-state index in [0.717, 1.165) is 18.3 Å². The lowest BCUT2D eigenvalue weighted by Crippen LogP contribution is -2.33. The Hall–Kier alpha value is -0.980. The SMILES string of the molecule is CC(C)C1CCc2cc(O)ccc2C1C(C)(C)C. The minimum Gasteiger partial charge on any atom is -0.508 e. The van der Waals surface area contributed by atoms with Crippen LogP contribution in [0.15, 0.2) is 18.2 Å². The van der Waals surface area contributed by atoms with E-state index in [0.29, 0.717) is 11.7 Å². The first-order valence-electron chi connectivity index (χ1n) is 7.12. The highest BCUT2D eigenvalue weighted by molar-refractivity contribution is 5.40. The molecule has 18 heavy (non-hydrogen) atoms. The molecule has 1 nitrogen and oxygen atoms in total. The Morgan fingerprint density at radius 1 is 1.22 bits per heavy atom. The van der Waals surface area contributed by atoms with Crippen LogP contribution in [0.5, 0.6) is 5.75 Å². The van der Waals surface area contributed by atoms with Crippen LogP contribution in [0.4, 0.5) is 0 Å². The topological polar surface area (TPSA) is 20.2 Å². The fraction of sp³-hybridized carbons (Fsp3) is 0.647. The van der Waals surface area contributed by atoms with E-state index in [1.807, 2.05) is 12.1 Å². The molecule has 2 atom stereocenters. The number of aromatic hydroxyl groups is 1. The van der Waals surface area contributed by atoms with Crippen LogP contribution < -0.4 is 0 Å². The Kier molecular flexibility index (Phi) is 3.44. The minimum atomic E-state index is 0.279. The minimum absolute atomic E-state index is 0.279. The van der Waals surface area contributed by atoms with Gasteiger partial charge in [0.1, 0.15) is 5.75 Å². The van der Waals surface area contributed by atoms with Crippen LogP contribution in [-0.2, 0) is 6.42 Å². The second-order valence-electron chi connectivity index (χ2n) is 7.17. The van der Waals surface area contributed by atoms with Crippen molar-refractivity contribution in [2.45, 2.75) is 53.4 Å². The van der Waals surface area contributed by atoms with Gasteiger partial charge in [-0.15, -0.1) is 0 Å². The molecule has 0 bridgehead atoms. The average molecular weight is 246 g/mol. The molecule has 1 N–H and O–H groups in total. The molecule has 1 heteroatoms. The molecule has 1 aromatic carbocycles. The van der Waals surface area contributed by atoms with Crippen molar-refractivity contribution < 1.29 is 5.11 Å². The highest BCUT2D eigenvalue weighted by Crippen LogP contribution is 2.49. The van der Waals surface area contributed by atoms with E-state index < -0.39 is 0 Å². The zero-order valence-electron chi connectivity index (χ0n) is 12.3. The maximum Gasteiger partial charge on any atom is 0.115 e. The zero-order valence-corrected chi connectivity index (χ0v) is 12.3. The van der Waals surface area contributed by atoms with E-state index in [4.69, 9.17) is 0 Å². The summed E-state index contributed by atoms with van der Waals surface area (Å²) in [5.41, 5.74) is 3.10. The van der Waals surface area contributed by atoms with E-state index in [1.165, 1.54) is 17.5 Å². The molecule has 1 aliphatic carbocycles. The summed E-state index contributed by atoms with van der Waals surface area (Å²) in [7, 11) is 0. The Balaban J connectivity index is 2.49. The molecule has 1 aliphatic rings. The van der Waals surface area contributed by atoms with Crippen molar-refractivity contribution in [2.75, 3.05) is 0 Å². The van der Waals surface area contributed by atoms with Crippen LogP contribution in [0.2, 0.25) is 0 Å². The van der Waals surface area contributed by atoms with Crippen molar-refractivity contribution in [1.29, 1.82) is 0 Å². The number of phenols is 1. The standard InChI is InChI=1S/C17H26O/c1-11(2)14-8-6-12-10-13(18)7-9-15(12)16(14)17(3,4)5/h7,9-11,14,16,18H,6,8H2,1-5H3. The molecule has 0 spiro atoms. The van der Waals surface area contributed by atoms with Crippen molar-refractivity contribution in [3.8, 4) is 5.75 Å². The van der Waals surface area contributed by atoms with Gasteiger partial charge in [0.15, 0.2) is 0 Å². The van der Waals surface area contributed by atoms with E-state index >= 15 is 0 Å². The van der Waals surface area contributed by atoms with Gasteiger partial charge in [-0.25, -0.2) is 0 Å². The lowest BCUT2D eigenvalue weighted by atomic mass is 9.61. The first-order chi connectivity index (χ1) is 8.30. The maximum atomic E-state index is 9.65. The van der Waals surface area contributed by atoms with Crippen LogP contribution in [0.25, 0.3) is 0 Å². The Bertz CT molecular complexity index is 426. The predicted molar refractivity (Wildman–Crippen MR) is 77.0 cm³/mol. The van der Waals surface area contributed by atoms with Crippen molar-refractivity contribution in [3.63, 3.8) is 0 Å². The van der Waals surface area contributed by atoms with Crippen LogP contribution in [0.1, 0.15) is 58.1 Å². The molecule has 0 saturated heterocycles. The fourth-order valence-electron chi connectivity index (χ4n) is 3.66. The number of phenolic OH excluding ortho intramolecular Hbond substituents is 1. The molecular formula is C17H26O. The summed E-state index contributed by atoms with van der Waals surface area (Å²) in [6.45, 7) is 11.7. The quantitative estimate of drug-likeness (QED) is 0.758. The summed E-state index contributed by atoms with van der Waals surface area (Å²) >= 11 is 0. The van der Waals surface area contributed by atoms with Gasteiger partial charge in [0.25, 0.3) is 0 Å². The number of hydrogen-bond acceptors (Lipinski definition) is 1. The Labute approximate surface area is 111 Å². The van der Waals surface area contributed by atoms with Gasteiger partial charge >= 0.3 is 0 Å². The van der Waals surface area contributed by atoms with Gasteiger partial charge < -0.3 is 5.11 Å². The summed E-state index contributed by atoms with van der Waals surface area (Å²) in [5, 5.41) is 9.65. The summed E-state index contributed by atoms with van der Waals surface area (Å²) in [6, 6.07) is 5.96. The van der Waals surface area contributed by atoms with Crippen molar-refractivity contribution in [1.82, 2.24) is 0 Å². The lowest BCUT2D eigenvalue weighted by molar-refractivity contribution is 0.169. The summed E-state index contributed by atoms with van der Waals surface area (Å²) in [6.07, 6.45) is 2.36. The number of hydrogen-bond donors (Lipinski definition) is 1. The van der Waals surface area contributed by atoms with Gasteiger partial charge in [0.2, 0.25) is 0 Å². The average Bonchev–Trinajstić information content (AvgIpc) is 2.25. The largest absolute Gasteiger partial charge is 0.508 e. The molecule has 0 radical (unpaired) electrons. The van der Waals surface area contributed by atoms with E-state index in [1.54, 1.807) is 0 Å². The van der Waals surface area contributed by atoms with Crippen LogP contribution in [0, 0.1) is 17.3 Å². The maximum absolute atomic E-state index is 9.65. The number of benzene rings is 1. The molecule has 0 aromatic heterocycles. The highest BCUT2D eigenvalue weighted by atomic mass is 16.3. The van der Waals surface area contributed by atoms with Crippen molar-refractivity contribution in [2.24, 2.45) is 17.3 Å². The van der Waals surface area contributed by atoms with E-state index in [2.05, 4.69) is 40.7 Å². The van der Waals surface area contributed by atoms with Gasteiger partial charge in [-0.2, -0.15) is 0 Å². The monoisotopic (exact) mass is 246 g/mol. The summed E-state index contributed by atoms with van der Waals surface area (Å²) < 4.78 is 0. The number of fused-ring (bicyclic) bond motifs is 1. The van der Waals surface area contributed by atoms with Gasteiger partial charge in [0.05, 0.1) is 0 Å². The van der Waals surface area contributed by atoms with Gasteiger partial charge in [-0.1, -0.05) is 40.7 Å². The molecule has 0 amide bonds.